The van der Waals surface area contributed by atoms with Crippen molar-refractivity contribution in [2.45, 2.75) is 29.8 Å². The minimum atomic E-state index is -3.79. The van der Waals surface area contributed by atoms with E-state index in [-0.39, 0.29) is 11.4 Å². The largest absolute Gasteiger partial charge is 0.486 e. The lowest BCUT2D eigenvalue weighted by molar-refractivity contribution is 0.0221. The molecule has 1 aliphatic carbocycles. The summed E-state index contributed by atoms with van der Waals surface area (Å²) in [6.07, 6.45) is 3.49. The number of hydrogen-bond acceptors (Lipinski definition) is 6. The van der Waals surface area contributed by atoms with Gasteiger partial charge in [0.25, 0.3) is 0 Å². The number of furan rings is 1. The first kappa shape index (κ1) is 16.4. The van der Waals surface area contributed by atoms with Crippen molar-refractivity contribution in [2.24, 2.45) is 0 Å². The Morgan fingerprint density at radius 1 is 1.16 bits per heavy atom. The van der Waals surface area contributed by atoms with Gasteiger partial charge in [0.15, 0.2) is 11.5 Å². The van der Waals surface area contributed by atoms with E-state index < -0.39 is 15.6 Å². The molecule has 134 valence electrons. The lowest BCUT2D eigenvalue weighted by Gasteiger charge is -2.31. The Kier molecular flexibility index (Phi) is 3.98. The number of aliphatic hydroxyl groups is 1. The van der Waals surface area contributed by atoms with Crippen LogP contribution in [0.3, 0.4) is 0 Å². The van der Waals surface area contributed by atoms with Gasteiger partial charge in [0.1, 0.15) is 24.6 Å². The number of ether oxygens (including phenoxy) is 2. The Morgan fingerprint density at radius 3 is 2.80 bits per heavy atom. The zero-order chi connectivity index (χ0) is 17.5. The molecule has 1 unspecified atom stereocenters. The average molecular weight is 365 g/mol. The molecule has 1 aliphatic heterocycles. The molecule has 1 atom stereocenters. The van der Waals surface area contributed by atoms with Crippen LogP contribution in [0.4, 0.5) is 0 Å². The molecule has 0 amide bonds. The van der Waals surface area contributed by atoms with Crippen molar-refractivity contribution >= 4 is 10.0 Å². The third-order valence-electron chi connectivity index (χ3n) is 4.62. The van der Waals surface area contributed by atoms with Crippen LogP contribution in [0.15, 0.2) is 39.8 Å². The minimum absolute atomic E-state index is 0.0728. The van der Waals surface area contributed by atoms with E-state index in [0.29, 0.717) is 42.5 Å². The molecule has 4 rings (SSSR count). The van der Waals surface area contributed by atoms with Crippen molar-refractivity contribution in [1.29, 1.82) is 0 Å². The molecule has 0 radical (unpaired) electrons. The molecule has 1 aromatic heterocycles. The Labute approximate surface area is 145 Å². The molecule has 7 nitrogen and oxygen atoms in total. The Morgan fingerprint density at radius 2 is 1.96 bits per heavy atom. The molecule has 2 aromatic rings. The predicted molar refractivity (Wildman–Crippen MR) is 88.2 cm³/mol. The highest BCUT2D eigenvalue weighted by Crippen LogP contribution is 2.36. The van der Waals surface area contributed by atoms with Gasteiger partial charge >= 0.3 is 0 Å². The monoisotopic (exact) mass is 365 g/mol. The van der Waals surface area contributed by atoms with Crippen LogP contribution in [0.5, 0.6) is 11.5 Å². The Hall–Kier alpha value is -2.03. The van der Waals surface area contributed by atoms with Gasteiger partial charge in [0.05, 0.1) is 11.2 Å². The molecule has 0 saturated carbocycles. The highest BCUT2D eigenvalue weighted by molar-refractivity contribution is 7.89. The van der Waals surface area contributed by atoms with E-state index in [9.17, 15) is 13.5 Å². The molecular formula is C17H19NO6S. The molecule has 2 aliphatic rings. The van der Waals surface area contributed by atoms with Crippen molar-refractivity contribution in [3.63, 3.8) is 0 Å². The molecule has 25 heavy (non-hydrogen) atoms. The highest BCUT2D eigenvalue weighted by atomic mass is 32.2. The van der Waals surface area contributed by atoms with E-state index in [1.54, 1.807) is 12.1 Å². The van der Waals surface area contributed by atoms with E-state index in [1.165, 1.54) is 18.4 Å². The maximum atomic E-state index is 12.6. The van der Waals surface area contributed by atoms with Crippen molar-refractivity contribution < 1.29 is 27.4 Å². The number of nitrogens with one attached hydrogen (secondary N) is 1. The first-order valence-corrected chi connectivity index (χ1v) is 9.65. The van der Waals surface area contributed by atoms with Gasteiger partial charge in [-0.1, -0.05) is 0 Å². The zero-order valence-electron chi connectivity index (χ0n) is 13.5. The van der Waals surface area contributed by atoms with Crippen molar-refractivity contribution in [3.05, 3.63) is 41.9 Å². The van der Waals surface area contributed by atoms with Gasteiger partial charge < -0.3 is 19.0 Å². The van der Waals surface area contributed by atoms with Crippen LogP contribution < -0.4 is 14.2 Å². The third-order valence-corrected chi connectivity index (χ3v) is 6.02. The molecule has 0 saturated heterocycles. The Bertz CT molecular complexity index is 890. The summed E-state index contributed by atoms with van der Waals surface area (Å²) in [4.78, 5) is 0.0728. The fourth-order valence-corrected chi connectivity index (χ4v) is 4.40. The number of sulfonamides is 1. The molecule has 0 spiro atoms. The van der Waals surface area contributed by atoms with Crippen LogP contribution in [0.2, 0.25) is 0 Å². The van der Waals surface area contributed by atoms with Gasteiger partial charge in [-0.3, -0.25) is 0 Å². The third kappa shape index (κ3) is 3.01. The normalized spacial score (nSPS) is 22.4. The number of aryl methyl sites for hydroxylation is 1. The highest BCUT2D eigenvalue weighted by Gasteiger charge is 2.37. The summed E-state index contributed by atoms with van der Waals surface area (Å²) >= 11 is 0. The summed E-state index contributed by atoms with van der Waals surface area (Å²) in [7, 11) is -3.79. The van der Waals surface area contributed by atoms with Crippen molar-refractivity contribution in [3.8, 4) is 11.5 Å². The van der Waals surface area contributed by atoms with Crippen molar-refractivity contribution in [1.82, 2.24) is 4.72 Å². The van der Waals surface area contributed by atoms with Crippen LogP contribution in [-0.2, 0) is 22.0 Å². The summed E-state index contributed by atoms with van der Waals surface area (Å²) in [5, 5.41) is 10.9. The SMILES string of the molecule is O=S(=O)(NCC1(O)CCCc2occc21)c1ccc2c(c1)OCCO2. The summed E-state index contributed by atoms with van der Waals surface area (Å²) in [5.41, 5.74) is -0.606. The molecular weight excluding hydrogens is 346 g/mol. The summed E-state index contributed by atoms with van der Waals surface area (Å²) in [6.45, 7) is 0.709. The van der Waals surface area contributed by atoms with Gasteiger partial charge in [-0.25, -0.2) is 13.1 Å². The standard InChI is InChI=1S/C17H19NO6S/c19-17(6-1-2-14-13(17)5-7-22-14)11-18-25(20,21)12-3-4-15-16(10-12)24-9-8-23-15/h3-5,7,10,18-19H,1-2,6,8-9,11H2. The van der Waals surface area contributed by atoms with Gasteiger partial charge in [-0.2, -0.15) is 0 Å². The smallest absolute Gasteiger partial charge is 0.240 e. The molecule has 0 fully saturated rings. The van der Waals surface area contributed by atoms with Gasteiger partial charge in [-0.05, 0) is 31.0 Å². The van der Waals surface area contributed by atoms with Crippen molar-refractivity contribution in [2.75, 3.05) is 19.8 Å². The van der Waals surface area contributed by atoms with Gasteiger partial charge in [0, 0.05) is 24.6 Å². The second kappa shape index (κ2) is 6.05. The zero-order valence-corrected chi connectivity index (χ0v) is 14.3. The maximum Gasteiger partial charge on any atom is 0.240 e. The summed E-state index contributed by atoms with van der Waals surface area (Å²) in [6, 6.07) is 6.18. The number of hydrogen-bond donors (Lipinski definition) is 2. The van der Waals surface area contributed by atoms with E-state index in [1.807, 2.05) is 0 Å². The van der Waals surface area contributed by atoms with Gasteiger partial charge in [-0.15, -0.1) is 0 Å². The van der Waals surface area contributed by atoms with E-state index in [4.69, 9.17) is 13.9 Å². The molecule has 0 bridgehead atoms. The van der Waals surface area contributed by atoms with E-state index in [2.05, 4.69) is 4.72 Å². The van der Waals surface area contributed by atoms with E-state index >= 15 is 0 Å². The van der Waals surface area contributed by atoms with Crippen LogP contribution in [0.1, 0.15) is 24.2 Å². The molecule has 2 N–H and O–H groups in total. The minimum Gasteiger partial charge on any atom is -0.486 e. The van der Waals surface area contributed by atoms with E-state index in [0.717, 1.165) is 12.8 Å². The first-order valence-electron chi connectivity index (χ1n) is 8.16. The first-order chi connectivity index (χ1) is 12.0. The Balaban J connectivity index is 1.55. The summed E-state index contributed by atoms with van der Waals surface area (Å²) < 4.78 is 43.9. The van der Waals surface area contributed by atoms with Crippen LogP contribution >= 0.6 is 0 Å². The number of fused-ring (bicyclic) bond motifs is 2. The van der Waals surface area contributed by atoms with Crippen LogP contribution in [0.25, 0.3) is 0 Å². The maximum absolute atomic E-state index is 12.6. The number of rotatable bonds is 4. The average Bonchev–Trinajstić information content (AvgIpc) is 3.10. The van der Waals surface area contributed by atoms with Crippen LogP contribution in [-0.4, -0.2) is 33.3 Å². The molecule has 8 heteroatoms. The second-order valence-electron chi connectivity index (χ2n) is 6.27. The summed E-state index contributed by atoms with van der Waals surface area (Å²) in [5.74, 6) is 1.65. The van der Waals surface area contributed by atoms with Crippen LogP contribution in [0, 0.1) is 0 Å². The lowest BCUT2D eigenvalue weighted by atomic mass is 9.83. The number of benzene rings is 1. The molecule has 2 heterocycles. The quantitative estimate of drug-likeness (QED) is 0.853. The fourth-order valence-electron chi connectivity index (χ4n) is 3.30. The predicted octanol–water partition coefficient (Wildman–Crippen LogP) is 1.55. The van der Waals surface area contributed by atoms with Gasteiger partial charge in [0.2, 0.25) is 10.0 Å². The fraction of sp³-hybridized carbons (Fsp3) is 0.412. The topological polar surface area (TPSA) is 98.0 Å². The second-order valence-corrected chi connectivity index (χ2v) is 8.04. The lowest BCUT2D eigenvalue weighted by Crippen LogP contribution is -2.42. The molecule has 1 aromatic carbocycles.